The molecule has 17 heavy (non-hydrogen) atoms. The zero-order valence-corrected chi connectivity index (χ0v) is 8.95. The number of aromatic carboxylic acids is 1. The van der Waals surface area contributed by atoms with Gasteiger partial charge in [-0.15, -0.1) is 0 Å². The number of hydrogen-bond donors (Lipinski definition) is 1. The van der Waals surface area contributed by atoms with Crippen molar-refractivity contribution in [1.29, 1.82) is 0 Å². The van der Waals surface area contributed by atoms with Gasteiger partial charge in [-0.25, -0.2) is 19.4 Å². The van der Waals surface area contributed by atoms with E-state index < -0.39 is 5.97 Å². The van der Waals surface area contributed by atoms with Gasteiger partial charge in [0.15, 0.2) is 0 Å². The second-order valence-corrected chi connectivity index (χ2v) is 4.00. The standard InChI is InChI=1S/C11H10N4O2/c16-10(17)8-6-12-11(15-5-1-4-13-15)14-9(8)7-2-3-7/h1,4-7H,2-3H2,(H,16,17). The van der Waals surface area contributed by atoms with Gasteiger partial charge in [-0.2, -0.15) is 5.10 Å². The van der Waals surface area contributed by atoms with Crippen LogP contribution in [0.3, 0.4) is 0 Å². The van der Waals surface area contributed by atoms with Crippen LogP contribution in [0.1, 0.15) is 34.8 Å². The Morgan fingerprint density at radius 2 is 2.29 bits per heavy atom. The lowest BCUT2D eigenvalue weighted by molar-refractivity contribution is 0.0694. The van der Waals surface area contributed by atoms with Crippen molar-refractivity contribution in [2.24, 2.45) is 0 Å². The van der Waals surface area contributed by atoms with Crippen LogP contribution < -0.4 is 0 Å². The Hall–Kier alpha value is -2.24. The van der Waals surface area contributed by atoms with Gasteiger partial charge in [-0.1, -0.05) is 0 Å². The summed E-state index contributed by atoms with van der Waals surface area (Å²) < 4.78 is 1.53. The second-order valence-electron chi connectivity index (χ2n) is 4.00. The number of hydrogen-bond acceptors (Lipinski definition) is 4. The molecule has 6 heteroatoms. The lowest BCUT2D eigenvalue weighted by Gasteiger charge is -2.05. The third-order valence-corrected chi connectivity index (χ3v) is 2.71. The van der Waals surface area contributed by atoms with Crippen LogP contribution in [-0.4, -0.2) is 30.8 Å². The second kappa shape index (κ2) is 3.65. The fraction of sp³-hybridized carbons (Fsp3) is 0.273. The van der Waals surface area contributed by atoms with E-state index in [2.05, 4.69) is 15.1 Å². The van der Waals surface area contributed by atoms with Crippen molar-refractivity contribution in [3.05, 3.63) is 35.9 Å². The minimum absolute atomic E-state index is 0.198. The van der Waals surface area contributed by atoms with Crippen LogP contribution in [0, 0.1) is 0 Å². The monoisotopic (exact) mass is 230 g/mol. The summed E-state index contributed by atoms with van der Waals surface area (Å²) in [6.45, 7) is 0. The topological polar surface area (TPSA) is 80.9 Å². The molecule has 2 heterocycles. The van der Waals surface area contributed by atoms with Crippen molar-refractivity contribution >= 4 is 5.97 Å². The molecule has 2 aromatic heterocycles. The van der Waals surface area contributed by atoms with Crippen LogP contribution in [-0.2, 0) is 0 Å². The van der Waals surface area contributed by atoms with Gasteiger partial charge in [-0.05, 0) is 18.9 Å². The smallest absolute Gasteiger partial charge is 0.339 e. The summed E-state index contributed by atoms with van der Waals surface area (Å²) in [5, 5.41) is 13.1. The van der Waals surface area contributed by atoms with E-state index in [-0.39, 0.29) is 11.5 Å². The quantitative estimate of drug-likeness (QED) is 0.857. The summed E-state index contributed by atoms with van der Waals surface area (Å²) >= 11 is 0. The molecule has 1 aliphatic carbocycles. The van der Waals surface area contributed by atoms with Gasteiger partial charge in [0.1, 0.15) is 0 Å². The molecule has 0 spiro atoms. The molecule has 0 radical (unpaired) electrons. The Kier molecular flexibility index (Phi) is 2.14. The minimum atomic E-state index is -0.973. The van der Waals surface area contributed by atoms with Crippen molar-refractivity contribution in [3.63, 3.8) is 0 Å². The molecule has 1 saturated carbocycles. The highest BCUT2D eigenvalue weighted by Gasteiger charge is 2.30. The third-order valence-electron chi connectivity index (χ3n) is 2.71. The maximum Gasteiger partial charge on any atom is 0.339 e. The van der Waals surface area contributed by atoms with E-state index in [9.17, 15) is 4.79 Å². The van der Waals surface area contributed by atoms with Gasteiger partial charge >= 0.3 is 5.97 Å². The van der Waals surface area contributed by atoms with Crippen molar-refractivity contribution in [2.75, 3.05) is 0 Å². The molecule has 1 N–H and O–H groups in total. The number of aromatic nitrogens is 4. The van der Waals surface area contributed by atoms with Crippen molar-refractivity contribution < 1.29 is 9.90 Å². The molecule has 0 atom stereocenters. The van der Waals surface area contributed by atoms with Crippen LogP contribution in [0.4, 0.5) is 0 Å². The summed E-state index contributed by atoms with van der Waals surface area (Å²) in [6.07, 6.45) is 6.71. The van der Waals surface area contributed by atoms with Gasteiger partial charge in [-0.3, -0.25) is 0 Å². The summed E-state index contributed by atoms with van der Waals surface area (Å²) in [5.74, 6) is -0.292. The number of carboxylic acid groups (broad SMARTS) is 1. The predicted molar refractivity (Wildman–Crippen MR) is 58.1 cm³/mol. The van der Waals surface area contributed by atoms with Crippen LogP contribution in [0.5, 0.6) is 0 Å². The van der Waals surface area contributed by atoms with E-state index in [1.165, 1.54) is 10.9 Å². The van der Waals surface area contributed by atoms with Crippen LogP contribution in [0.25, 0.3) is 5.95 Å². The molecule has 0 aromatic carbocycles. The number of rotatable bonds is 3. The lowest BCUT2D eigenvalue weighted by Crippen LogP contribution is -2.10. The molecular formula is C11H10N4O2. The average molecular weight is 230 g/mol. The van der Waals surface area contributed by atoms with Crippen LogP contribution in [0.15, 0.2) is 24.7 Å². The molecule has 0 aliphatic heterocycles. The maximum atomic E-state index is 11.0. The SMILES string of the molecule is O=C(O)c1cnc(-n2cccn2)nc1C1CC1. The van der Waals surface area contributed by atoms with Crippen molar-refractivity contribution in [2.45, 2.75) is 18.8 Å². The zero-order valence-electron chi connectivity index (χ0n) is 8.95. The Labute approximate surface area is 96.9 Å². The van der Waals surface area contributed by atoms with E-state index >= 15 is 0 Å². The molecule has 1 aliphatic rings. The minimum Gasteiger partial charge on any atom is -0.478 e. The number of carbonyl (C=O) groups is 1. The Bertz CT molecular complexity index is 561. The number of nitrogens with zero attached hydrogens (tertiary/aromatic N) is 4. The Balaban J connectivity index is 2.09. The first-order valence-corrected chi connectivity index (χ1v) is 5.36. The van der Waals surface area contributed by atoms with Gasteiger partial charge in [0.25, 0.3) is 5.95 Å². The summed E-state index contributed by atoms with van der Waals surface area (Å²) in [4.78, 5) is 19.4. The highest BCUT2D eigenvalue weighted by Crippen LogP contribution is 2.40. The first kappa shape index (κ1) is 9.95. The normalized spacial score (nSPS) is 14.8. The zero-order chi connectivity index (χ0) is 11.8. The number of carboxylic acids is 1. The van der Waals surface area contributed by atoms with Crippen LogP contribution >= 0.6 is 0 Å². The molecule has 6 nitrogen and oxygen atoms in total. The van der Waals surface area contributed by atoms with E-state index in [0.29, 0.717) is 11.6 Å². The molecule has 1 fully saturated rings. The van der Waals surface area contributed by atoms with Gasteiger partial charge in [0.05, 0.1) is 11.3 Å². The molecule has 0 bridgehead atoms. The van der Waals surface area contributed by atoms with E-state index in [0.717, 1.165) is 12.8 Å². The summed E-state index contributed by atoms with van der Waals surface area (Å²) in [7, 11) is 0. The molecule has 0 saturated heterocycles. The molecule has 86 valence electrons. The van der Waals surface area contributed by atoms with Crippen molar-refractivity contribution in [3.8, 4) is 5.95 Å². The summed E-state index contributed by atoms with van der Waals surface area (Å²) in [6, 6.07) is 1.77. The van der Waals surface area contributed by atoms with E-state index in [1.807, 2.05) is 0 Å². The largest absolute Gasteiger partial charge is 0.478 e. The molecule has 0 amide bonds. The van der Waals surface area contributed by atoms with Gasteiger partial charge in [0.2, 0.25) is 0 Å². The lowest BCUT2D eigenvalue weighted by atomic mass is 10.1. The average Bonchev–Trinajstić information content (AvgIpc) is 3.03. The highest BCUT2D eigenvalue weighted by molar-refractivity contribution is 5.88. The van der Waals surface area contributed by atoms with Crippen LogP contribution in [0.2, 0.25) is 0 Å². The van der Waals surface area contributed by atoms with Crippen molar-refractivity contribution in [1.82, 2.24) is 19.7 Å². The fourth-order valence-electron chi connectivity index (χ4n) is 1.72. The van der Waals surface area contributed by atoms with Gasteiger partial charge in [0, 0.05) is 24.5 Å². The first-order valence-electron chi connectivity index (χ1n) is 5.36. The molecule has 0 unspecified atom stereocenters. The third kappa shape index (κ3) is 1.77. The first-order chi connectivity index (χ1) is 8.25. The Morgan fingerprint density at radius 3 is 2.88 bits per heavy atom. The molecule has 2 aromatic rings. The highest BCUT2D eigenvalue weighted by atomic mass is 16.4. The fourth-order valence-corrected chi connectivity index (χ4v) is 1.72. The predicted octanol–water partition coefficient (Wildman–Crippen LogP) is 1.24. The Morgan fingerprint density at radius 1 is 1.47 bits per heavy atom. The van der Waals surface area contributed by atoms with Gasteiger partial charge < -0.3 is 5.11 Å². The maximum absolute atomic E-state index is 11.0. The summed E-state index contributed by atoms with van der Waals surface area (Å²) in [5.41, 5.74) is 0.821. The van der Waals surface area contributed by atoms with E-state index in [1.54, 1.807) is 18.5 Å². The molecular weight excluding hydrogens is 220 g/mol. The molecule has 3 rings (SSSR count). The van der Waals surface area contributed by atoms with E-state index in [4.69, 9.17) is 5.11 Å².